The summed E-state index contributed by atoms with van der Waals surface area (Å²) in [6, 6.07) is 0. The van der Waals surface area contributed by atoms with E-state index in [4.69, 9.17) is 69.6 Å². The topological polar surface area (TPSA) is 20.2 Å². The van der Waals surface area contributed by atoms with Crippen molar-refractivity contribution in [2.45, 2.75) is 39.4 Å². The Bertz CT molecular complexity index is 515. The number of halogens is 6. The molecule has 0 aromatic carbocycles. The number of allylic oxidation sites excluding steroid dienone is 3. The fourth-order valence-electron chi connectivity index (χ4n) is 3.67. The van der Waals surface area contributed by atoms with E-state index in [-0.39, 0.29) is 21.9 Å². The van der Waals surface area contributed by atoms with Crippen molar-refractivity contribution in [2.75, 3.05) is 0 Å². The Hall–Kier alpha value is 1.18. The predicted molar refractivity (Wildman–Crippen MR) is 86.3 cm³/mol. The van der Waals surface area contributed by atoms with E-state index in [0.717, 1.165) is 12.8 Å². The van der Waals surface area contributed by atoms with Crippen LogP contribution >= 0.6 is 69.6 Å². The molecule has 1 fully saturated rings. The van der Waals surface area contributed by atoms with Crippen LogP contribution in [-0.4, -0.2) is 25.3 Å². The highest BCUT2D eigenvalue weighted by Crippen LogP contribution is 2.77. The number of hydrogen-bond acceptors (Lipinski definition) is 1. The van der Waals surface area contributed by atoms with E-state index in [2.05, 4.69) is 0 Å². The van der Waals surface area contributed by atoms with Gasteiger partial charge < -0.3 is 5.11 Å². The molecule has 5 atom stereocenters. The Morgan fingerprint density at radius 3 is 2.20 bits per heavy atom. The van der Waals surface area contributed by atoms with Crippen LogP contribution in [0.1, 0.15) is 19.3 Å². The Kier molecular flexibility index (Phi) is 3.88. The fourth-order valence-corrected chi connectivity index (χ4v) is 6.73. The minimum absolute atomic E-state index is 0.115. The number of fused-ring (bicyclic) bond motifs is 5. The molecular weight excluding hydrogens is 385 g/mol. The summed E-state index contributed by atoms with van der Waals surface area (Å²) in [5.41, 5.74) is 0. The largest absolute Gasteiger partial charge is 0.389 e. The zero-order chi connectivity index (χ0) is 14.9. The van der Waals surface area contributed by atoms with Crippen LogP contribution in [0.5, 0.6) is 0 Å². The molecule has 0 amide bonds. The zero-order valence-corrected chi connectivity index (χ0v) is 14.8. The summed E-state index contributed by atoms with van der Waals surface area (Å²) in [6.07, 6.45) is 5.22. The van der Waals surface area contributed by atoms with Crippen LogP contribution in [0.25, 0.3) is 0 Å². The molecule has 0 spiro atoms. The number of hydrogen-bond donors (Lipinski definition) is 1. The molecule has 7 heteroatoms. The molecule has 3 aliphatic carbocycles. The third-order valence-corrected chi connectivity index (χ3v) is 9.03. The minimum Gasteiger partial charge on any atom is -0.389 e. The molecule has 20 heavy (non-hydrogen) atoms. The molecular formula is C13H12Cl6O. The summed E-state index contributed by atoms with van der Waals surface area (Å²) >= 11 is 39.1. The second-order valence-corrected chi connectivity index (χ2v) is 8.92. The molecule has 0 saturated heterocycles. The summed E-state index contributed by atoms with van der Waals surface area (Å²) in [4.78, 5) is -2.44. The van der Waals surface area contributed by atoms with Crippen molar-refractivity contribution in [3.05, 3.63) is 22.2 Å². The van der Waals surface area contributed by atoms with E-state index >= 15 is 0 Å². The summed E-state index contributed by atoms with van der Waals surface area (Å²) in [7, 11) is 0. The van der Waals surface area contributed by atoms with Gasteiger partial charge in [0.05, 0.1) is 16.2 Å². The van der Waals surface area contributed by atoms with Gasteiger partial charge in [-0.1, -0.05) is 65.0 Å². The van der Waals surface area contributed by atoms with E-state index < -0.39 is 20.2 Å². The first-order chi connectivity index (χ1) is 9.19. The Morgan fingerprint density at radius 1 is 0.950 bits per heavy atom. The van der Waals surface area contributed by atoms with Gasteiger partial charge in [0, 0.05) is 5.92 Å². The van der Waals surface area contributed by atoms with E-state index in [1.807, 2.05) is 6.08 Å². The van der Waals surface area contributed by atoms with Crippen molar-refractivity contribution >= 4 is 69.6 Å². The van der Waals surface area contributed by atoms with Crippen molar-refractivity contribution in [2.24, 2.45) is 11.8 Å². The lowest BCUT2D eigenvalue weighted by atomic mass is 9.77. The summed E-state index contributed by atoms with van der Waals surface area (Å²) in [5, 5.41) is 10.3. The normalized spacial score (nSPS) is 50.0. The van der Waals surface area contributed by atoms with Crippen molar-refractivity contribution in [3.8, 4) is 0 Å². The second kappa shape index (κ2) is 4.84. The molecule has 0 aromatic rings. The lowest BCUT2D eigenvalue weighted by molar-refractivity contribution is 0.194. The second-order valence-electron chi connectivity index (χ2n) is 5.64. The van der Waals surface area contributed by atoms with Gasteiger partial charge in [0.25, 0.3) is 0 Å². The average Bonchev–Trinajstić information content (AvgIpc) is 2.55. The standard InChI is InChI=1S/C13H12Cl6O/c14-9-10(15)12(17)8-5-4-6(20)2-1-3-7(8)11(9,16)13(12,18)19/h4-8,20H,1-3H2. The quantitative estimate of drug-likeness (QED) is 0.442. The first-order valence-electron chi connectivity index (χ1n) is 6.37. The van der Waals surface area contributed by atoms with Gasteiger partial charge in [-0.25, -0.2) is 0 Å². The van der Waals surface area contributed by atoms with Gasteiger partial charge in [0.2, 0.25) is 0 Å². The molecule has 0 radical (unpaired) electrons. The van der Waals surface area contributed by atoms with E-state index in [1.165, 1.54) is 0 Å². The maximum atomic E-state index is 9.80. The van der Waals surface area contributed by atoms with Crippen molar-refractivity contribution in [1.82, 2.24) is 0 Å². The third-order valence-electron chi connectivity index (χ3n) is 4.70. The smallest absolute Gasteiger partial charge is 0.167 e. The first kappa shape index (κ1) is 16.1. The number of aliphatic hydroxyl groups is 1. The molecule has 2 bridgehead atoms. The van der Waals surface area contributed by atoms with E-state index in [1.54, 1.807) is 6.08 Å². The minimum atomic E-state index is -1.49. The molecule has 1 nitrogen and oxygen atoms in total. The van der Waals surface area contributed by atoms with Crippen LogP contribution in [0.3, 0.4) is 0 Å². The Balaban J connectivity index is 2.20. The van der Waals surface area contributed by atoms with Gasteiger partial charge in [-0.15, -0.1) is 23.2 Å². The zero-order valence-electron chi connectivity index (χ0n) is 10.2. The molecule has 5 unspecified atom stereocenters. The van der Waals surface area contributed by atoms with Gasteiger partial charge in [-0.2, -0.15) is 0 Å². The summed E-state index contributed by atoms with van der Waals surface area (Å²) in [6.45, 7) is 0. The summed E-state index contributed by atoms with van der Waals surface area (Å²) in [5.74, 6) is -0.378. The van der Waals surface area contributed by atoms with Crippen LogP contribution in [0, 0.1) is 11.8 Å². The van der Waals surface area contributed by atoms with Crippen molar-refractivity contribution in [3.63, 3.8) is 0 Å². The van der Waals surface area contributed by atoms with Crippen LogP contribution < -0.4 is 0 Å². The summed E-state index contributed by atoms with van der Waals surface area (Å²) < 4.78 is -1.49. The SMILES string of the molecule is OC1C=CC2C(CCC1)C1(Cl)C(Cl)=C(Cl)C2(Cl)C1(Cl)Cl. The van der Waals surface area contributed by atoms with E-state index in [9.17, 15) is 5.11 Å². The third kappa shape index (κ3) is 1.64. The highest BCUT2D eigenvalue weighted by molar-refractivity contribution is 6.65. The van der Waals surface area contributed by atoms with Gasteiger partial charge in [0.15, 0.2) is 4.33 Å². The van der Waals surface area contributed by atoms with Gasteiger partial charge in [-0.3, -0.25) is 0 Å². The maximum Gasteiger partial charge on any atom is 0.167 e. The number of aliphatic hydroxyl groups excluding tert-OH is 1. The molecule has 112 valence electrons. The van der Waals surface area contributed by atoms with Crippen molar-refractivity contribution in [1.29, 1.82) is 0 Å². The Labute approximate surface area is 147 Å². The highest BCUT2D eigenvalue weighted by atomic mass is 35.5. The van der Waals surface area contributed by atoms with Crippen LogP contribution in [0.4, 0.5) is 0 Å². The molecule has 0 aliphatic heterocycles. The average molecular weight is 397 g/mol. The number of alkyl halides is 4. The fraction of sp³-hybridized carbons (Fsp3) is 0.692. The molecule has 0 aromatic heterocycles. The monoisotopic (exact) mass is 394 g/mol. The Morgan fingerprint density at radius 2 is 1.55 bits per heavy atom. The van der Waals surface area contributed by atoms with Gasteiger partial charge in [0.1, 0.15) is 9.75 Å². The first-order valence-corrected chi connectivity index (χ1v) is 8.64. The molecule has 1 saturated carbocycles. The molecule has 3 aliphatic rings. The molecule has 3 rings (SSSR count). The highest BCUT2D eigenvalue weighted by Gasteiger charge is 2.81. The van der Waals surface area contributed by atoms with Gasteiger partial charge in [-0.05, 0) is 18.8 Å². The van der Waals surface area contributed by atoms with Gasteiger partial charge >= 0.3 is 0 Å². The van der Waals surface area contributed by atoms with Crippen LogP contribution in [-0.2, 0) is 0 Å². The molecule has 1 N–H and O–H groups in total. The van der Waals surface area contributed by atoms with Crippen molar-refractivity contribution < 1.29 is 5.11 Å². The predicted octanol–water partition coefficient (Wildman–Crippen LogP) is 5.17. The van der Waals surface area contributed by atoms with Crippen LogP contribution in [0.2, 0.25) is 0 Å². The maximum absolute atomic E-state index is 9.80. The van der Waals surface area contributed by atoms with E-state index in [0.29, 0.717) is 6.42 Å². The molecule has 0 heterocycles. The lowest BCUT2D eigenvalue weighted by Crippen LogP contribution is -2.44. The van der Waals surface area contributed by atoms with Crippen LogP contribution in [0.15, 0.2) is 22.2 Å². The lowest BCUT2D eigenvalue weighted by Gasteiger charge is -2.36. The number of rotatable bonds is 0.